The Morgan fingerprint density at radius 1 is 1.50 bits per heavy atom. The molecule has 0 aliphatic carbocycles. The summed E-state index contributed by atoms with van der Waals surface area (Å²) in [5.74, 6) is 0. The average Bonchev–Trinajstić information content (AvgIpc) is 2.05. The van der Waals surface area contributed by atoms with Crippen molar-refractivity contribution in [3.8, 4) is 0 Å². The van der Waals surface area contributed by atoms with Crippen LogP contribution in [0.5, 0.6) is 0 Å². The zero-order valence-corrected chi connectivity index (χ0v) is 6.98. The second-order valence-electron chi connectivity index (χ2n) is 1.89. The Morgan fingerprint density at radius 2 is 2.30 bits per heavy atom. The lowest BCUT2D eigenvalue weighted by Crippen LogP contribution is -2.14. The van der Waals surface area contributed by atoms with E-state index in [0.29, 0.717) is 0 Å². The van der Waals surface area contributed by atoms with Gasteiger partial charge in [0.25, 0.3) is 0 Å². The fraction of sp³-hybridized carbons (Fsp3) is 0.286. The van der Waals surface area contributed by atoms with Crippen LogP contribution >= 0.6 is 11.8 Å². The standard InChI is InChI=1S/C7H9BNS/c1-8-6-4-3-5-7(9-6)10-2/h3-5H,1-2H3. The minimum absolute atomic E-state index is 1.05. The molecule has 0 aromatic carbocycles. The molecule has 3 heteroatoms. The zero-order valence-electron chi connectivity index (χ0n) is 6.16. The Hall–Kier alpha value is -0.435. The van der Waals surface area contributed by atoms with Crippen LogP contribution in [0.3, 0.4) is 0 Å². The summed E-state index contributed by atoms with van der Waals surface area (Å²) in [6.07, 6.45) is 2.03. The molecule has 1 nitrogen and oxygen atoms in total. The predicted molar refractivity (Wildman–Crippen MR) is 47.3 cm³/mol. The quantitative estimate of drug-likeness (QED) is 0.463. The van der Waals surface area contributed by atoms with Gasteiger partial charge in [0.15, 0.2) is 7.28 Å². The van der Waals surface area contributed by atoms with Crippen LogP contribution in [0, 0.1) is 0 Å². The summed E-state index contributed by atoms with van der Waals surface area (Å²) in [5, 5.41) is 1.08. The maximum atomic E-state index is 4.32. The van der Waals surface area contributed by atoms with Crippen molar-refractivity contribution in [1.82, 2.24) is 4.98 Å². The van der Waals surface area contributed by atoms with Crippen molar-refractivity contribution in [2.75, 3.05) is 6.26 Å². The van der Waals surface area contributed by atoms with Crippen LogP contribution in [0.1, 0.15) is 0 Å². The summed E-state index contributed by atoms with van der Waals surface area (Å²) >= 11 is 1.67. The van der Waals surface area contributed by atoms with E-state index >= 15 is 0 Å². The molecule has 1 heterocycles. The largest absolute Gasteiger partial charge is 0.257 e. The molecule has 0 saturated carbocycles. The molecule has 0 saturated heterocycles. The lowest BCUT2D eigenvalue weighted by molar-refractivity contribution is 1.17. The molecule has 1 aromatic heterocycles. The van der Waals surface area contributed by atoms with E-state index in [9.17, 15) is 0 Å². The summed E-state index contributed by atoms with van der Waals surface area (Å²) in [6, 6.07) is 6.03. The van der Waals surface area contributed by atoms with Crippen LogP contribution in [-0.2, 0) is 0 Å². The number of nitrogens with zero attached hydrogens (tertiary/aromatic N) is 1. The Balaban J connectivity index is 2.87. The fourth-order valence-electron chi connectivity index (χ4n) is 0.705. The monoisotopic (exact) mass is 150 g/mol. The van der Waals surface area contributed by atoms with Crippen LogP contribution in [0.4, 0.5) is 0 Å². The lowest BCUT2D eigenvalue weighted by Gasteiger charge is -1.96. The third-order valence-electron chi connectivity index (χ3n) is 1.25. The number of thioether (sulfide) groups is 1. The third kappa shape index (κ3) is 1.77. The highest BCUT2D eigenvalue weighted by Gasteiger charge is 1.92. The van der Waals surface area contributed by atoms with E-state index < -0.39 is 0 Å². The van der Waals surface area contributed by atoms with Gasteiger partial charge in [0.05, 0.1) is 5.03 Å². The van der Waals surface area contributed by atoms with E-state index in [2.05, 4.69) is 4.98 Å². The second kappa shape index (κ2) is 3.66. The fourth-order valence-corrected chi connectivity index (χ4v) is 1.12. The molecule has 51 valence electrons. The van der Waals surface area contributed by atoms with Gasteiger partial charge < -0.3 is 0 Å². The maximum absolute atomic E-state index is 4.32. The van der Waals surface area contributed by atoms with Crippen molar-refractivity contribution in [2.24, 2.45) is 0 Å². The highest BCUT2D eigenvalue weighted by Crippen LogP contribution is 2.06. The normalized spacial score (nSPS) is 9.40. The molecule has 0 bridgehead atoms. The number of hydrogen-bond donors (Lipinski definition) is 0. The van der Waals surface area contributed by atoms with E-state index in [1.807, 2.05) is 38.6 Å². The first-order valence-corrected chi connectivity index (χ1v) is 4.39. The molecule has 10 heavy (non-hydrogen) atoms. The van der Waals surface area contributed by atoms with Crippen molar-refractivity contribution in [3.63, 3.8) is 0 Å². The van der Waals surface area contributed by atoms with Crippen LogP contribution in [0.25, 0.3) is 0 Å². The minimum Gasteiger partial charge on any atom is -0.257 e. The van der Waals surface area contributed by atoms with Crippen LogP contribution in [-0.4, -0.2) is 18.5 Å². The molecule has 0 aliphatic heterocycles. The van der Waals surface area contributed by atoms with Gasteiger partial charge >= 0.3 is 0 Å². The van der Waals surface area contributed by atoms with Gasteiger partial charge in [-0.15, -0.1) is 11.8 Å². The van der Waals surface area contributed by atoms with Crippen molar-refractivity contribution in [1.29, 1.82) is 0 Å². The molecule has 0 unspecified atom stereocenters. The van der Waals surface area contributed by atoms with Gasteiger partial charge in [-0.1, -0.05) is 19.0 Å². The van der Waals surface area contributed by atoms with Gasteiger partial charge in [0.2, 0.25) is 0 Å². The lowest BCUT2D eigenvalue weighted by atomic mass is 9.78. The smallest absolute Gasteiger partial charge is 0.174 e. The molecule has 1 aromatic rings. The molecular weight excluding hydrogens is 141 g/mol. The number of hydrogen-bond acceptors (Lipinski definition) is 2. The molecule has 1 radical (unpaired) electrons. The molecule has 0 fully saturated rings. The van der Waals surface area contributed by atoms with Gasteiger partial charge in [-0.25, -0.2) is 0 Å². The van der Waals surface area contributed by atoms with Gasteiger partial charge in [-0.3, -0.25) is 4.98 Å². The van der Waals surface area contributed by atoms with E-state index in [-0.39, 0.29) is 0 Å². The highest BCUT2D eigenvalue weighted by molar-refractivity contribution is 7.98. The molecule has 0 spiro atoms. The molecule has 0 atom stereocenters. The molecule has 1 rings (SSSR count). The molecular formula is C7H9BNS. The van der Waals surface area contributed by atoms with E-state index in [4.69, 9.17) is 0 Å². The number of pyridine rings is 1. The summed E-state index contributed by atoms with van der Waals surface area (Å²) in [4.78, 5) is 4.32. The topological polar surface area (TPSA) is 12.9 Å². The SMILES string of the molecule is C[B]c1cccc(SC)n1. The van der Waals surface area contributed by atoms with Crippen molar-refractivity contribution < 1.29 is 0 Å². The van der Waals surface area contributed by atoms with Crippen molar-refractivity contribution in [3.05, 3.63) is 18.2 Å². The van der Waals surface area contributed by atoms with Crippen LogP contribution in [0.2, 0.25) is 6.82 Å². The van der Waals surface area contributed by atoms with Gasteiger partial charge in [-0.05, 0) is 17.9 Å². The van der Waals surface area contributed by atoms with Gasteiger partial charge in [0, 0.05) is 0 Å². The van der Waals surface area contributed by atoms with E-state index in [1.165, 1.54) is 0 Å². The maximum Gasteiger partial charge on any atom is 0.174 e. The van der Waals surface area contributed by atoms with Crippen molar-refractivity contribution >= 4 is 24.6 Å². The molecule has 0 aliphatic rings. The average molecular weight is 150 g/mol. The highest BCUT2D eigenvalue weighted by atomic mass is 32.2. The predicted octanol–water partition coefficient (Wildman–Crippen LogP) is 1.18. The first kappa shape index (κ1) is 7.67. The molecule has 0 amide bonds. The summed E-state index contributed by atoms with van der Waals surface area (Å²) in [7, 11) is 2.00. The summed E-state index contributed by atoms with van der Waals surface area (Å²) < 4.78 is 0. The Morgan fingerprint density at radius 3 is 2.90 bits per heavy atom. The Bertz CT molecular complexity index is 195. The van der Waals surface area contributed by atoms with Crippen LogP contribution in [0.15, 0.2) is 23.2 Å². The summed E-state index contributed by atoms with van der Waals surface area (Å²) in [6.45, 7) is 1.99. The van der Waals surface area contributed by atoms with Gasteiger partial charge in [-0.2, -0.15) is 0 Å². The Kier molecular flexibility index (Phi) is 2.81. The minimum atomic E-state index is 1.05. The zero-order chi connectivity index (χ0) is 7.40. The second-order valence-corrected chi connectivity index (χ2v) is 2.72. The van der Waals surface area contributed by atoms with E-state index in [0.717, 1.165) is 10.6 Å². The third-order valence-corrected chi connectivity index (χ3v) is 1.90. The molecule has 0 N–H and O–H groups in total. The Labute approximate surface area is 66.5 Å². The van der Waals surface area contributed by atoms with E-state index in [1.54, 1.807) is 11.8 Å². The van der Waals surface area contributed by atoms with Crippen molar-refractivity contribution in [2.45, 2.75) is 11.8 Å². The number of rotatable bonds is 2. The van der Waals surface area contributed by atoms with Crippen LogP contribution < -0.4 is 5.59 Å². The summed E-state index contributed by atoms with van der Waals surface area (Å²) in [5.41, 5.74) is 1.05. The first-order chi connectivity index (χ1) is 4.86. The number of aromatic nitrogens is 1. The van der Waals surface area contributed by atoms with Gasteiger partial charge in [0.1, 0.15) is 0 Å². The first-order valence-electron chi connectivity index (χ1n) is 3.17.